The highest BCUT2D eigenvalue weighted by atomic mass is 16.4. The number of amides is 1. The fourth-order valence-electron chi connectivity index (χ4n) is 2.99. The lowest BCUT2D eigenvalue weighted by molar-refractivity contribution is -0.148. The molecule has 3 atom stereocenters. The number of aromatic amines is 1. The number of H-pyrrole nitrogens is 1. The Balaban J connectivity index is 2.04. The summed E-state index contributed by atoms with van der Waals surface area (Å²) < 4.78 is 0. The minimum Gasteiger partial charge on any atom is -0.481 e. The molecule has 0 bridgehead atoms. The molecule has 20 heavy (non-hydrogen) atoms. The van der Waals surface area contributed by atoms with E-state index >= 15 is 0 Å². The number of imidazole rings is 1. The van der Waals surface area contributed by atoms with Crippen LogP contribution in [0.25, 0.3) is 0 Å². The van der Waals surface area contributed by atoms with Crippen LogP contribution >= 0.6 is 0 Å². The third-order valence-corrected chi connectivity index (χ3v) is 4.19. The van der Waals surface area contributed by atoms with Gasteiger partial charge in [0.15, 0.2) is 0 Å². The maximum atomic E-state index is 12.5. The van der Waals surface area contributed by atoms with Crippen LogP contribution in [0.15, 0.2) is 12.4 Å². The van der Waals surface area contributed by atoms with Crippen LogP contribution in [0, 0.1) is 17.8 Å². The van der Waals surface area contributed by atoms with Crippen LogP contribution < -0.4 is 0 Å². The highest BCUT2D eigenvalue weighted by Gasteiger charge is 2.43. The Morgan fingerprint density at radius 3 is 2.70 bits per heavy atom. The Bertz CT molecular complexity index is 472. The highest BCUT2D eigenvalue weighted by Crippen LogP contribution is 2.39. The molecular formula is C14H21N3O3. The van der Waals surface area contributed by atoms with Crippen molar-refractivity contribution >= 4 is 11.9 Å². The van der Waals surface area contributed by atoms with Crippen molar-refractivity contribution in [1.29, 1.82) is 0 Å². The topological polar surface area (TPSA) is 86.3 Å². The van der Waals surface area contributed by atoms with Gasteiger partial charge in [-0.3, -0.25) is 9.59 Å². The monoisotopic (exact) mass is 279 g/mol. The molecule has 1 aliphatic rings. The van der Waals surface area contributed by atoms with E-state index < -0.39 is 17.8 Å². The van der Waals surface area contributed by atoms with Crippen LogP contribution in [0.2, 0.25) is 0 Å². The van der Waals surface area contributed by atoms with Crippen molar-refractivity contribution < 1.29 is 14.7 Å². The van der Waals surface area contributed by atoms with Crippen molar-refractivity contribution in [3.8, 4) is 0 Å². The SMILES string of the molecule is CCC1CC(C(=O)O)C(C(=O)N(C)Cc2ncc[nH]2)C1. The van der Waals surface area contributed by atoms with Gasteiger partial charge in [-0.15, -0.1) is 0 Å². The molecule has 0 saturated heterocycles. The average Bonchev–Trinajstić information content (AvgIpc) is 3.06. The number of carboxylic acids is 1. The Morgan fingerprint density at radius 2 is 2.15 bits per heavy atom. The van der Waals surface area contributed by atoms with Gasteiger partial charge in [-0.25, -0.2) is 4.98 Å². The van der Waals surface area contributed by atoms with E-state index in [1.807, 2.05) is 6.92 Å². The van der Waals surface area contributed by atoms with Crippen LogP contribution in [0.1, 0.15) is 32.0 Å². The van der Waals surface area contributed by atoms with Crippen LogP contribution in [0.5, 0.6) is 0 Å². The summed E-state index contributed by atoms with van der Waals surface area (Å²) in [5.74, 6) is -0.862. The molecule has 0 spiro atoms. The Kier molecular flexibility index (Phi) is 4.42. The normalized spacial score (nSPS) is 25.6. The number of carbonyl (C=O) groups is 2. The molecular weight excluding hydrogens is 258 g/mol. The van der Waals surface area contributed by atoms with Gasteiger partial charge >= 0.3 is 5.97 Å². The molecule has 2 N–H and O–H groups in total. The van der Waals surface area contributed by atoms with Gasteiger partial charge in [0.2, 0.25) is 5.91 Å². The average molecular weight is 279 g/mol. The van der Waals surface area contributed by atoms with Crippen molar-refractivity contribution in [3.63, 3.8) is 0 Å². The summed E-state index contributed by atoms with van der Waals surface area (Å²) in [6.45, 7) is 2.43. The second kappa shape index (κ2) is 6.07. The van der Waals surface area contributed by atoms with Crippen LogP contribution in [0.4, 0.5) is 0 Å². The van der Waals surface area contributed by atoms with Gasteiger partial charge in [-0.2, -0.15) is 0 Å². The smallest absolute Gasteiger partial charge is 0.307 e. The second-order valence-electron chi connectivity index (χ2n) is 5.53. The van der Waals surface area contributed by atoms with Gasteiger partial charge in [0, 0.05) is 19.4 Å². The van der Waals surface area contributed by atoms with Crippen molar-refractivity contribution in [1.82, 2.24) is 14.9 Å². The number of nitrogens with one attached hydrogen (secondary N) is 1. The minimum absolute atomic E-state index is 0.0928. The van der Waals surface area contributed by atoms with E-state index in [0.29, 0.717) is 31.1 Å². The third-order valence-electron chi connectivity index (χ3n) is 4.19. The molecule has 110 valence electrons. The van der Waals surface area contributed by atoms with E-state index in [-0.39, 0.29) is 5.91 Å². The number of carboxylic acid groups (broad SMARTS) is 1. The molecule has 1 amide bonds. The van der Waals surface area contributed by atoms with Gasteiger partial charge in [0.1, 0.15) is 5.82 Å². The summed E-state index contributed by atoms with van der Waals surface area (Å²) in [5, 5.41) is 9.30. The van der Waals surface area contributed by atoms with Crippen molar-refractivity contribution in [2.45, 2.75) is 32.7 Å². The molecule has 1 heterocycles. The van der Waals surface area contributed by atoms with E-state index in [1.54, 1.807) is 24.3 Å². The molecule has 3 unspecified atom stereocenters. The second-order valence-corrected chi connectivity index (χ2v) is 5.53. The fraction of sp³-hybridized carbons (Fsp3) is 0.643. The quantitative estimate of drug-likeness (QED) is 0.855. The maximum Gasteiger partial charge on any atom is 0.307 e. The molecule has 6 nitrogen and oxygen atoms in total. The summed E-state index contributed by atoms with van der Waals surface area (Å²) in [7, 11) is 1.70. The number of carbonyl (C=O) groups excluding carboxylic acids is 1. The molecule has 6 heteroatoms. The molecule has 1 saturated carbocycles. The third kappa shape index (κ3) is 3.00. The summed E-state index contributed by atoms with van der Waals surface area (Å²) in [6, 6.07) is 0. The number of hydrogen-bond acceptors (Lipinski definition) is 3. The van der Waals surface area contributed by atoms with Crippen LogP contribution in [-0.4, -0.2) is 38.9 Å². The molecule has 0 aromatic carbocycles. The van der Waals surface area contributed by atoms with Gasteiger partial charge in [0.05, 0.1) is 18.4 Å². The van der Waals surface area contributed by atoms with E-state index in [2.05, 4.69) is 9.97 Å². The van der Waals surface area contributed by atoms with Crippen LogP contribution in [0.3, 0.4) is 0 Å². The summed E-state index contributed by atoms with van der Waals surface area (Å²) in [6.07, 6.45) is 5.55. The molecule has 1 fully saturated rings. The fourth-order valence-corrected chi connectivity index (χ4v) is 2.99. The molecule has 2 rings (SSSR count). The molecule has 1 aromatic heterocycles. The summed E-state index contributed by atoms with van der Waals surface area (Å²) in [4.78, 5) is 32.4. The van der Waals surface area contributed by atoms with Crippen LogP contribution in [-0.2, 0) is 16.1 Å². The van der Waals surface area contributed by atoms with Crippen molar-refractivity contribution in [2.24, 2.45) is 17.8 Å². The highest BCUT2D eigenvalue weighted by molar-refractivity contribution is 5.85. The Morgan fingerprint density at radius 1 is 1.45 bits per heavy atom. The number of nitrogens with zero attached hydrogens (tertiary/aromatic N) is 2. The van der Waals surface area contributed by atoms with E-state index in [4.69, 9.17) is 0 Å². The number of hydrogen-bond donors (Lipinski definition) is 2. The van der Waals surface area contributed by atoms with Gasteiger partial charge in [-0.1, -0.05) is 13.3 Å². The molecule has 0 radical (unpaired) electrons. The maximum absolute atomic E-state index is 12.5. The molecule has 0 aliphatic heterocycles. The number of aliphatic carboxylic acids is 1. The van der Waals surface area contributed by atoms with Crippen molar-refractivity contribution in [2.75, 3.05) is 7.05 Å². The Labute approximate surface area is 118 Å². The summed E-state index contributed by atoms with van der Waals surface area (Å²) in [5.41, 5.74) is 0. The number of rotatable bonds is 5. The zero-order valence-corrected chi connectivity index (χ0v) is 11.9. The first-order valence-corrected chi connectivity index (χ1v) is 6.99. The molecule has 1 aromatic rings. The predicted octanol–water partition coefficient (Wildman–Crippen LogP) is 1.51. The van der Waals surface area contributed by atoms with Crippen molar-refractivity contribution in [3.05, 3.63) is 18.2 Å². The minimum atomic E-state index is -0.856. The lowest BCUT2D eigenvalue weighted by atomic mass is 9.95. The Hall–Kier alpha value is -1.85. The van der Waals surface area contributed by atoms with Gasteiger partial charge in [-0.05, 0) is 18.8 Å². The lowest BCUT2D eigenvalue weighted by Crippen LogP contribution is -2.36. The first-order chi connectivity index (χ1) is 9.52. The van der Waals surface area contributed by atoms with E-state index in [0.717, 1.165) is 6.42 Å². The summed E-state index contributed by atoms with van der Waals surface area (Å²) >= 11 is 0. The first-order valence-electron chi connectivity index (χ1n) is 6.99. The standard InChI is InChI=1S/C14H21N3O3/c1-3-9-6-10(11(7-9)14(19)20)13(18)17(2)8-12-15-4-5-16-12/h4-5,9-11H,3,6-8H2,1-2H3,(H,15,16)(H,19,20). The zero-order chi connectivity index (χ0) is 14.7. The van der Waals surface area contributed by atoms with E-state index in [9.17, 15) is 14.7 Å². The largest absolute Gasteiger partial charge is 0.481 e. The van der Waals surface area contributed by atoms with E-state index in [1.165, 1.54) is 0 Å². The molecule has 1 aliphatic carbocycles. The zero-order valence-electron chi connectivity index (χ0n) is 11.9. The lowest BCUT2D eigenvalue weighted by Gasteiger charge is -2.22. The predicted molar refractivity (Wildman–Crippen MR) is 72.7 cm³/mol. The number of aromatic nitrogens is 2. The first kappa shape index (κ1) is 14.6. The van der Waals surface area contributed by atoms with Gasteiger partial charge < -0.3 is 15.0 Å². The van der Waals surface area contributed by atoms with Gasteiger partial charge in [0.25, 0.3) is 0 Å².